The first-order valence-corrected chi connectivity index (χ1v) is 5.67. The highest BCUT2D eigenvalue weighted by Crippen LogP contribution is 2.27. The third kappa shape index (κ3) is 3.88. The van der Waals surface area contributed by atoms with Crippen molar-refractivity contribution in [2.24, 2.45) is 21.8 Å². The van der Waals surface area contributed by atoms with Crippen LogP contribution in [0.3, 0.4) is 0 Å². The number of rotatable bonds is 4. The number of carbonyl (C=O) groups excluding carboxylic acids is 2. The molecular formula is C9H12N2O2S. The predicted molar refractivity (Wildman–Crippen MR) is 54.9 cm³/mol. The molecule has 1 rings (SSSR count). The van der Waals surface area contributed by atoms with Crippen molar-refractivity contribution in [2.45, 2.75) is 6.42 Å². The molecule has 0 radical (unpaired) electrons. The molecule has 2 unspecified atom stereocenters. The van der Waals surface area contributed by atoms with Gasteiger partial charge in [-0.1, -0.05) is 0 Å². The van der Waals surface area contributed by atoms with E-state index in [0.29, 0.717) is 24.9 Å². The van der Waals surface area contributed by atoms with Gasteiger partial charge < -0.3 is 0 Å². The Morgan fingerprint density at radius 2 is 1.57 bits per heavy atom. The summed E-state index contributed by atoms with van der Waals surface area (Å²) in [6, 6.07) is 0. The highest BCUT2D eigenvalue weighted by Gasteiger charge is 2.21. The van der Waals surface area contributed by atoms with Crippen LogP contribution in [0.5, 0.6) is 0 Å². The molecule has 76 valence electrons. The van der Waals surface area contributed by atoms with Crippen LogP contribution < -0.4 is 0 Å². The van der Waals surface area contributed by atoms with E-state index in [1.165, 1.54) is 0 Å². The minimum atomic E-state index is 0.432. The van der Waals surface area contributed by atoms with Gasteiger partial charge in [0.1, 0.15) is 0 Å². The lowest BCUT2D eigenvalue weighted by molar-refractivity contribution is 0.424. The standard InChI is InChI=1S/C9H12N2O2S/c12-6-10-2-8-1-9(3-11-7-13)5-14-4-8/h8-9H,1-5H2. The SMILES string of the molecule is O=C=NCC1CSCC(CN=C=O)C1. The first kappa shape index (κ1) is 11.2. The average molecular weight is 212 g/mol. The maximum Gasteiger partial charge on any atom is 0.234 e. The third-order valence-electron chi connectivity index (χ3n) is 2.20. The summed E-state index contributed by atoms with van der Waals surface area (Å²) in [5.74, 6) is 2.93. The smallest absolute Gasteiger partial charge is 0.211 e. The summed E-state index contributed by atoms with van der Waals surface area (Å²) in [5.41, 5.74) is 0. The Balaban J connectivity index is 2.34. The van der Waals surface area contributed by atoms with Gasteiger partial charge in [0.2, 0.25) is 12.2 Å². The second-order valence-corrected chi connectivity index (χ2v) is 4.44. The molecule has 0 aromatic carbocycles. The Hall–Kier alpha value is -0.890. The van der Waals surface area contributed by atoms with Crippen LogP contribution in [0.1, 0.15) is 6.42 Å². The second-order valence-electron chi connectivity index (χ2n) is 3.37. The molecular weight excluding hydrogens is 200 g/mol. The fourth-order valence-electron chi connectivity index (χ4n) is 1.60. The Labute approximate surface area is 86.9 Å². The molecule has 0 aromatic rings. The molecule has 1 aliphatic rings. The Bertz CT molecular complexity index is 244. The second kappa shape index (κ2) is 6.55. The molecule has 0 N–H and O–H groups in total. The average Bonchev–Trinajstić information content (AvgIpc) is 2.24. The van der Waals surface area contributed by atoms with Crippen molar-refractivity contribution in [1.82, 2.24) is 0 Å². The summed E-state index contributed by atoms with van der Waals surface area (Å²) >= 11 is 1.83. The Morgan fingerprint density at radius 1 is 1.07 bits per heavy atom. The molecule has 14 heavy (non-hydrogen) atoms. The minimum Gasteiger partial charge on any atom is -0.211 e. The summed E-state index contributed by atoms with van der Waals surface area (Å²) in [6.45, 7) is 1.11. The van der Waals surface area contributed by atoms with E-state index in [2.05, 4.69) is 9.98 Å². The molecule has 4 nitrogen and oxygen atoms in total. The number of nitrogens with zero attached hydrogens (tertiary/aromatic N) is 2. The number of isocyanates is 2. The zero-order valence-corrected chi connectivity index (χ0v) is 8.63. The van der Waals surface area contributed by atoms with E-state index in [9.17, 15) is 9.59 Å². The maximum atomic E-state index is 9.93. The number of hydrogen-bond acceptors (Lipinski definition) is 5. The van der Waals surface area contributed by atoms with E-state index in [1.807, 2.05) is 11.8 Å². The van der Waals surface area contributed by atoms with Crippen molar-refractivity contribution in [3.05, 3.63) is 0 Å². The molecule has 2 atom stereocenters. The topological polar surface area (TPSA) is 58.9 Å². The lowest BCUT2D eigenvalue weighted by Crippen LogP contribution is -2.23. The molecule has 5 heteroatoms. The van der Waals surface area contributed by atoms with Gasteiger partial charge in [-0.2, -0.15) is 11.8 Å². The largest absolute Gasteiger partial charge is 0.234 e. The van der Waals surface area contributed by atoms with Crippen molar-refractivity contribution in [1.29, 1.82) is 0 Å². The van der Waals surface area contributed by atoms with E-state index >= 15 is 0 Å². The molecule has 1 heterocycles. The fraction of sp³-hybridized carbons (Fsp3) is 0.778. The Morgan fingerprint density at radius 3 is 2.00 bits per heavy atom. The number of thioether (sulfide) groups is 1. The van der Waals surface area contributed by atoms with Crippen molar-refractivity contribution >= 4 is 23.9 Å². The molecule has 1 saturated heterocycles. The fourth-order valence-corrected chi connectivity index (χ4v) is 2.88. The van der Waals surface area contributed by atoms with Gasteiger partial charge in [0.05, 0.1) is 13.1 Å². The molecule has 0 aliphatic carbocycles. The quantitative estimate of drug-likeness (QED) is 0.516. The van der Waals surface area contributed by atoms with E-state index < -0.39 is 0 Å². The van der Waals surface area contributed by atoms with Gasteiger partial charge in [-0.15, -0.1) is 0 Å². The third-order valence-corrected chi connectivity index (χ3v) is 3.62. The van der Waals surface area contributed by atoms with Gasteiger partial charge in [0, 0.05) is 0 Å². The van der Waals surface area contributed by atoms with Crippen LogP contribution in [0.15, 0.2) is 9.98 Å². The van der Waals surface area contributed by atoms with Gasteiger partial charge in [0.15, 0.2) is 0 Å². The lowest BCUT2D eigenvalue weighted by atomic mass is 9.96. The minimum absolute atomic E-state index is 0.432. The van der Waals surface area contributed by atoms with Crippen LogP contribution >= 0.6 is 11.8 Å². The first-order valence-electron chi connectivity index (χ1n) is 4.51. The van der Waals surface area contributed by atoms with Gasteiger partial charge in [-0.25, -0.2) is 19.6 Å². The Kier molecular flexibility index (Phi) is 5.23. The summed E-state index contributed by atoms with van der Waals surface area (Å²) in [4.78, 5) is 27.0. The van der Waals surface area contributed by atoms with Crippen LogP contribution in [-0.2, 0) is 9.59 Å². The monoisotopic (exact) mass is 212 g/mol. The van der Waals surface area contributed by atoms with Crippen molar-refractivity contribution in [3.63, 3.8) is 0 Å². The molecule has 0 bridgehead atoms. The highest BCUT2D eigenvalue weighted by atomic mass is 32.2. The molecule has 0 saturated carbocycles. The summed E-state index contributed by atoms with van der Waals surface area (Å²) in [6.07, 6.45) is 4.10. The van der Waals surface area contributed by atoms with Crippen LogP contribution in [-0.4, -0.2) is 36.8 Å². The molecule has 1 aliphatic heterocycles. The predicted octanol–water partition coefficient (Wildman–Crippen LogP) is 1.03. The van der Waals surface area contributed by atoms with Crippen molar-refractivity contribution < 1.29 is 9.59 Å². The van der Waals surface area contributed by atoms with E-state index in [1.54, 1.807) is 12.2 Å². The van der Waals surface area contributed by atoms with Crippen LogP contribution in [0.2, 0.25) is 0 Å². The zero-order valence-electron chi connectivity index (χ0n) is 7.81. The summed E-state index contributed by atoms with van der Waals surface area (Å²) in [7, 11) is 0. The van der Waals surface area contributed by atoms with Crippen molar-refractivity contribution in [3.8, 4) is 0 Å². The summed E-state index contributed by atoms with van der Waals surface area (Å²) < 4.78 is 0. The van der Waals surface area contributed by atoms with Crippen LogP contribution in [0.4, 0.5) is 0 Å². The highest BCUT2D eigenvalue weighted by molar-refractivity contribution is 7.99. The van der Waals surface area contributed by atoms with E-state index in [4.69, 9.17) is 0 Å². The lowest BCUT2D eigenvalue weighted by Gasteiger charge is -2.25. The van der Waals surface area contributed by atoms with Gasteiger partial charge in [0.25, 0.3) is 0 Å². The molecule has 0 aromatic heterocycles. The van der Waals surface area contributed by atoms with E-state index in [0.717, 1.165) is 17.9 Å². The first-order chi connectivity index (χ1) is 6.86. The number of hydrogen-bond donors (Lipinski definition) is 0. The van der Waals surface area contributed by atoms with E-state index in [-0.39, 0.29) is 0 Å². The normalized spacial score (nSPS) is 26.0. The van der Waals surface area contributed by atoms with Crippen LogP contribution in [0.25, 0.3) is 0 Å². The number of aliphatic imine (C=N–C) groups is 2. The van der Waals surface area contributed by atoms with Gasteiger partial charge >= 0.3 is 0 Å². The van der Waals surface area contributed by atoms with Gasteiger partial charge in [-0.05, 0) is 29.8 Å². The van der Waals surface area contributed by atoms with Crippen LogP contribution in [0, 0.1) is 11.8 Å². The molecule has 0 amide bonds. The molecule has 0 spiro atoms. The van der Waals surface area contributed by atoms with Crippen molar-refractivity contribution in [2.75, 3.05) is 24.6 Å². The summed E-state index contributed by atoms with van der Waals surface area (Å²) in [5, 5.41) is 0. The zero-order chi connectivity index (χ0) is 10.2. The maximum absolute atomic E-state index is 9.93. The van der Waals surface area contributed by atoms with Gasteiger partial charge in [-0.3, -0.25) is 0 Å². The molecule has 1 fully saturated rings.